The Morgan fingerprint density at radius 2 is 2.07 bits per heavy atom. The maximum atomic E-state index is 9.15. The van der Waals surface area contributed by atoms with Crippen LogP contribution < -0.4 is 0 Å². The molecule has 0 fully saturated rings. The monoisotopic (exact) mass is 203 g/mol. The van der Waals surface area contributed by atoms with E-state index in [1.165, 1.54) is 25.7 Å². The van der Waals surface area contributed by atoms with Crippen LogP contribution in [0.1, 0.15) is 52.9 Å². The fourth-order valence-electron chi connectivity index (χ4n) is 3.29. The first-order valence-corrected chi connectivity index (χ1v) is 6.15. The van der Waals surface area contributed by atoms with E-state index in [-0.39, 0.29) is 5.92 Å². The van der Waals surface area contributed by atoms with Crippen LogP contribution in [0.2, 0.25) is 0 Å². The molecule has 0 aliphatic heterocycles. The zero-order chi connectivity index (χ0) is 11.1. The largest absolute Gasteiger partial charge is 0.198 e. The third-order valence-corrected chi connectivity index (χ3v) is 4.37. The van der Waals surface area contributed by atoms with Crippen LogP contribution >= 0.6 is 0 Å². The van der Waals surface area contributed by atoms with Gasteiger partial charge in [0.1, 0.15) is 0 Å². The lowest BCUT2D eigenvalue weighted by Crippen LogP contribution is -2.29. The van der Waals surface area contributed by atoms with Gasteiger partial charge in [-0.1, -0.05) is 31.9 Å². The van der Waals surface area contributed by atoms with E-state index in [4.69, 9.17) is 5.26 Å². The third-order valence-electron chi connectivity index (χ3n) is 4.37. The van der Waals surface area contributed by atoms with Crippen molar-refractivity contribution in [3.05, 3.63) is 11.1 Å². The van der Waals surface area contributed by atoms with Crippen molar-refractivity contribution in [1.29, 1.82) is 5.26 Å². The lowest BCUT2D eigenvalue weighted by atomic mass is 9.63. The summed E-state index contributed by atoms with van der Waals surface area (Å²) in [6.45, 7) is 6.94. The van der Waals surface area contributed by atoms with Gasteiger partial charge in [-0.3, -0.25) is 0 Å². The normalized spacial score (nSPS) is 34.5. The standard InChI is InChI=1S/C14H21N/c1-10-7-11-5-4-6-14(2,3)13(11)8-12(10)9-15/h10,12H,4-8H2,1-3H3/t10-,12-/m1/s1. The lowest BCUT2D eigenvalue weighted by molar-refractivity contribution is 0.289. The minimum atomic E-state index is 0.265. The molecule has 82 valence electrons. The molecule has 0 saturated heterocycles. The first-order chi connectivity index (χ1) is 7.04. The Labute approximate surface area is 93.2 Å². The fraction of sp³-hybridized carbons (Fsp3) is 0.786. The van der Waals surface area contributed by atoms with Gasteiger partial charge in [0, 0.05) is 0 Å². The van der Waals surface area contributed by atoms with E-state index < -0.39 is 0 Å². The summed E-state index contributed by atoms with van der Waals surface area (Å²) < 4.78 is 0. The van der Waals surface area contributed by atoms with E-state index in [0.717, 1.165) is 6.42 Å². The molecular weight excluding hydrogens is 182 g/mol. The quantitative estimate of drug-likeness (QED) is 0.545. The van der Waals surface area contributed by atoms with Crippen LogP contribution in [0.3, 0.4) is 0 Å². The molecule has 2 aliphatic carbocycles. The molecule has 0 radical (unpaired) electrons. The Balaban J connectivity index is 2.32. The summed E-state index contributed by atoms with van der Waals surface area (Å²) in [6.07, 6.45) is 6.16. The predicted octanol–water partition coefficient (Wildman–Crippen LogP) is 4.06. The van der Waals surface area contributed by atoms with Crippen molar-refractivity contribution in [2.45, 2.75) is 52.9 Å². The van der Waals surface area contributed by atoms with Gasteiger partial charge in [-0.25, -0.2) is 0 Å². The molecule has 0 amide bonds. The van der Waals surface area contributed by atoms with Crippen LogP contribution in [0, 0.1) is 28.6 Å². The summed E-state index contributed by atoms with van der Waals surface area (Å²) in [5.74, 6) is 0.837. The molecule has 1 heteroatoms. The zero-order valence-corrected chi connectivity index (χ0v) is 10.1. The van der Waals surface area contributed by atoms with Gasteiger partial charge >= 0.3 is 0 Å². The Morgan fingerprint density at radius 3 is 2.73 bits per heavy atom. The average molecular weight is 203 g/mol. The van der Waals surface area contributed by atoms with Crippen LogP contribution in [0.25, 0.3) is 0 Å². The van der Waals surface area contributed by atoms with Gasteiger partial charge in [-0.05, 0) is 43.4 Å². The van der Waals surface area contributed by atoms with Crippen molar-refractivity contribution in [2.24, 2.45) is 17.3 Å². The van der Waals surface area contributed by atoms with Crippen molar-refractivity contribution in [3.8, 4) is 6.07 Å². The molecule has 0 bridgehead atoms. The van der Waals surface area contributed by atoms with Crippen LogP contribution in [-0.2, 0) is 0 Å². The molecule has 2 rings (SSSR count). The molecule has 2 aliphatic rings. The molecule has 2 atom stereocenters. The maximum absolute atomic E-state index is 9.15. The molecule has 0 saturated carbocycles. The second-order valence-corrected chi connectivity index (χ2v) is 5.94. The summed E-state index contributed by atoms with van der Waals surface area (Å²) in [7, 11) is 0. The van der Waals surface area contributed by atoms with Crippen LogP contribution in [0.5, 0.6) is 0 Å². The summed E-state index contributed by atoms with van der Waals surface area (Å²) in [5, 5.41) is 9.15. The van der Waals surface area contributed by atoms with E-state index in [0.29, 0.717) is 11.3 Å². The molecule has 0 spiro atoms. The molecule has 0 aromatic heterocycles. The highest BCUT2D eigenvalue weighted by Crippen LogP contribution is 2.49. The van der Waals surface area contributed by atoms with Crippen molar-refractivity contribution < 1.29 is 0 Å². The minimum Gasteiger partial charge on any atom is -0.198 e. The molecule has 0 aromatic rings. The van der Waals surface area contributed by atoms with E-state index in [9.17, 15) is 0 Å². The van der Waals surface area contributed by atoms with Crippen LogP contribution in [0.4, 0.5) is 0 Å². The highest BCUT2D eigenvalue weighted by Gasteiger charge is 2.36. The second-order valence-electron chi connectivity index (χ2n) is 5.94. The minimum absolute atomic E-state index is 0.265. The van der Waals surface area contributed by atoms with E-state index in [1.807, 2.05) is 0 Å². The first-order valence-electron chi connectivity index (χ1n) is 6.15. The van der Waals surface area contributed by atoms with Gasteiger partial charge in [0.25, 0.3) is 0 Å². The van der Waals surface area contributed by atoms with Gasteiger partial charge in [0.2, 0.25) is 0 Å². The highest BCUT2D eigenvalue weighted by molar-refractivity contribution is 5.28. The number of nitrogens with zero attached hydrogens (tertiary/aromatic N) is 1. The number of nitriles is 1. The Bertz CT molecular complexity index is 330. The Hall–Kier alpha value is -0.770. The lowest BCUT2D eigenvalue weighted by Gasteiger charge is -2.41. The van der Waals surface area contributed by atoms with E-state index >= 15 is 0 Å². The average Bonchev–Trinajstić information content (AvgIpc) is 2.16. The number of hydrogen-bond acceptors (Lipinski definition) is 1. The van der Waals surface area contributed by atoms with Gasteiger partial charge in [-0.15, -0.1) is 0 Å². The maximum Gasteiger partial charge on any atom is 0.0662 e. The van der Waals surface area contributed by atoms with Gasteiger partial charge in [0.15, 0.2) is 0 Å². The van der Waals surface area contributed by atoms with Crippen molar-refractivity contribution >= 4 is 0 Å². The van der Waals surface area contributed by atoms with Crippen molar-refractivity contribution in [2.75, 3.05) is 0 Å². The fourth-order valence-corrected chi connectivity index (χ4v) is 3.29. The van der Waals surface area contributed by atoms with Gasteiger partial charge in [-0.2, -0.15) is 5.26 Å². The first kappa shape index (κ1) is 10.7. The molecule has 1 nitrogen and oxygen atoms in total. The number of rotatable bonds is 0. The Kier molecular flexibility index (Phi) is 2.63. The highest BCUT2D eigenvalue weighted by atomic mass is 14.4. The zero-order valence-electron chi connectivity index (χ0n) is 10.1. The van der Waals surface area contributed by atoms with Gasteiger partial charge < -0.3 is 0 Å². The number of allylic oxidation sites excluding steroid dienone is 2. The molecule has 15 heavy (non-hydrogen) atoms. The van der Waals surface area contributed by atoms with E-state index in [2.05, 4.69) is 26.8 Å². The van der Waals surface area contributed by atoms with Crippen LogP contribution in [0.15, 0.2) is 11.1 Å². The smallest absolute Gasteiger partial charge is 0.0662 e. The topological polar surface area (TPSA) is 23.8 Å². The number of hydrogen-bond donors (Lipinski definition) is 0. The van der Waals surface area contributed by atoms with Crippen molar-refractivity contribution in [1.82, 2.24) is 0 Å². The van der Waals surface area contributed by atoms with E-state index in [1.54, 1.807) is 11.1 Å². The summed E-state index contributed by atoms with van der Waals surface area (Å²) >= 11 is 0. The predicted molar refractivity (Wildman–Crippen MR) is 62.2 cm³/mol. The van der Waals surface area contributed by atoms with Crippen LogP contribution in [-0.4, -0.2) is 0 Å². The molecule has 0 heterocycles. The van der Waals surface area contributed by atoms with Gasteiger partial charge in [0.05, 0.1) is 12.0 Å². The summed E-state index contributed by atoms with van der Waals surface area (Å²) in [4.78, 5) is 0. The summed E-state index contributed by atoms with van der Waals surface area (Å²) in [6, 6.07) is 2.49. The third kappa shape index (κ3) is 1.83. The second kappa shape index (κ2) is 3.67. The Morgan fingerprint density at radius 1 is 1.33 bits per heavy atom. The molecule has 0 aromatic carbocycles. The SMILES string of the molecule is C[C@@H]1CC2=C(C[C@@H]1C#N)C(C)(C)CCC2. The summed E-state index contributed by atoms with van der Waals surface area (Å²) in [5.41, 5.74) is 3.67. The molecule has 0 N–H and O–H groups in total. The molecule has 0 unspecified atom stereocenters. The molecular formula is C14H21N. The van der Waals surface area contributed by atoms with Crippen molar-refractivity contribution in [3.63, 3.8) is 0 Å².